The molecule has 0 aliphatic carbocycles. The van der Waals surface area contributed by atoms with Crippen LogP contribution < -0.4 is 20.1 Å². The Hall–Kier alpha value is -3.10. The van der Waals surface area contributed by atoms with Crippen molar-refractivity contribution >= 4 is 18.0 Å². The number of ether oxygens (including phenoxy) is 2. The van der Waals surface area contributed by atoms with Gasteiger partial charge in [-0.05, 0) is 24.1 Å². The van der Waals surface area contributed by atoms with E-state index < -0.39 is 28.9 Å². The molecule has 0 saturated carbocycles. The molecule has 134 valence electrons. The molecule has 1 aliphatic heterocycles. The molecule has 2 unspecified atom stereocenters. The summed E-state index contributed by atoms with van der Waals surface area (Å²) in [6.07, 6.45) is 3.84. The number of nitro groups is 1. The van der Waals surface area contributed by atoms with Crippen molar-refractivity contribution in [3.05, 3.63) is 40.0 Å². The zero-order valence-corrected chi connectivity index (χ0v) is 13.9. The maximum atomic E-state index is 11.6. The number of nitrogens with zero attached hydrogens (tertiary/aromatic N) is 1. The second-order valence-electron chi connectivity index (χ2n) is 5.34. The highest BCUT2D eigenvalue weighted by molar-refractivity contribution is 6.00. The molecule has 0 aromatic heterocycles. The summed E-state index contributed by atoms with van der Waals surface area (Å²) >= 11 is 0. The van der Waals surface area contributed by atoms with E-state index in [1.54, 1.807) is 24.3 Å². The third-order valence-electron chi connectivity index (χ3n) is 3.52. The number of amides is 3. The van der Waals surface area contributed by atoms with Gasteiger partial charge in [-0.3, -0.25) is 20.2 Å². The lowest BCUT2D eigenvalue weighted by Gasteiger charge is -2.23. The Morgan fingerprint density at radius 2 is 2.08 bits per heavy atom. The van der Waals surface area contributed by atoms with Crippen LogP contribution in [0.4, 0.5) is 4.79 Å². The van der Waals surface area contributed by atoms with Crippen LogP contribution >= 0.6 is 0 Å². The molecule has 1 heterocycles. The quantitative estimate of drug-likeness (QED) is 0.566. The van der Waals surface area contributed by atoms with Gasteiger partial charge < -0.3 is 14.8 Å². The first-order valence-electron chi connectivity index (χ1n) is 7.70. The van der Waals surface area contributed by atoms with E-state index >= 15 is 0 Å². The zero-order valence-electron chi connectivity index (χ0n) is 13.9. The van der Waals surface area contributed by atoms with Crippen LogP contribution in [-0.2, 0) is 4.79 Å². The Balaban J connectivity index is 2.20. The van der Waals surface area contributed by atoms with Crippen LogP contribution in [0.1, 0.15) is 18.9 Å². The molecule has 1 saturated heterocycles. The Kier molecular flexibility index (Phi) is 5.93. The van der Waals surface area contributed by atoms with Crippen molar-refractivity contribution in [1.29, 1.82) is 0 Å². The number of nitrogens with one attached hydrogen (secondary N) is 2. The predicted octanol–water partition coefficient (Wildman–Crippen LogP) is 1.35. The average Bonchev–Trinajstić information content (AvgIpc) is 2.57. The van der Waals surface area contributed by atoms with Gasteiger partial charge in [0, 0.05) is 4.92 Å². The molecular weight excluding hydrogens is 330 g/mol. The van der Waals surface area contributed by atoms with Crippen molar-refractivity contribution in [1.82, 2.24) is 10.6 Å². The summed E-state index contributed by atoms with van der Waals surface area (Å²) in [6.45, 7) is 2.54. The number of rotatable bonds is 7. The summed E-state index contributed by atoms with van der Waals surface area (Å²) in [4.78, 5) is 33.3. The zero-order chi connectivity index (χ0) is 18.4. The molecule has 9 nitrogen and oxygen atoms in total. The van der Waals surface area contributed by atoms with Crippen molar-refractivity contribution in [2.45, 2.75) is 25.4 Å². The lowest BCUT2D eigenvalue weighted by atomic mass is 10.0. The van der Waals surface area contributed by atoms with Gasteiger partial charge in [0.25, 0.3) is 0 Å². The summed E-state index contributed by atoms with van der Waals surface area (Å²) in [5.74, 6) is 0.172. The molecule has 1 fully saturated rings. The van der Waals surface area contributed by atoms with Gasteiger partial charge in [-0.2, -0.15) is 0 Å². The topological polar surface area (TPSA) is 120 Å². The smallest absolute Gasteiger partial charge is 0.322 e. The highest BCUT2D eigenvalue weighted by atomic mass is 16.6. The molecule has 3 amide bonds. The van der Waals surface area contributed by atoms with Gasteiger partial charge in [0.2, 0.25) is 0 Å². The number of methoxy groups -OCH3 is 1. The van der Waals surface area contributed by atoms with E-state index in [4.69, 9.17) is 9.47 Å². The molecule has 1 aromatic rings. The third kappa shape index (κ3) is 4.46. The molecule has 2 atom stereocenters. The molecule has 2 N–H and O–H groups in total. The van der Waals surface area contributed by atoms with Crippen LogP contribution in [0.2, 0.25) is 0 Å². The van der Waals surface area contributed by atoms with Crippen LogP contribution in [0, 0.1) is 10.1 Å². The van der Waals surface area contributed by atoms with Gasteiger partial charge in [-0.25, -0.2) is 4.79 Å². The molecule has 9 heteroatoms. The van der Waals surface area contributed by atoms with Crippen molar-refractivity contribution in [3.8, 4) is 11.5 Å². The molecular formula is C16H19N3O6. The minimum atomic E-state index is -1.58. The summed E-state index contributed by atoms with van der Waals surface area (Å²) < 4.78 is 10.8. The fourth-order valence-corrected chi connectivity index (χ4v) is 2.33. The van der Waals surface area contributed by atoms with E-state index in [0.29, 0.717) is 23.7 Å². The molecule has 1 aromatic carbocycles. The standard InChI is InChI=1S/C16H19N3O6/c1-3-8-25-12-7-5-10(9-13(12)24-2)4-6-11-14(19(22)23)15(20)18-16(21)17-11/h4-7,9,11,14H,3,8H2,1-2H3,(H2,17,18,20,21). The number of benzene rings is 1. The first-order chi connectivity index (χ1) is 12.0. The van der Waals surface area contributed by atoms with E-state index in [0.717, 1.165) is 6.42 Å². The van der Waals surface area contributed by atoms with Crippen LogP contribution in [0.3, 0.4) is 0 Å². The summed E-state index contributed by atoms with van der Waals surface area (Å²) in [5, 5.41) is 15.3. The third-order valence-corrected chi connectivity index (χ3v) is 3.52. The molecule has 0 radical (unpaired) electrons. The molecule has 1 aliphatic rings. The number of carbonyl (C=O) groups is 2. The largest absolute Gasteiger partial charge is 0.493 e. The molecule has 0 spiro atoms. The summed E-state index contributed by atoms with van der Waals surface area (Å²) in [5.41, 5.74) is 0.683. The normalized spacial score (nSPS) is 20.1. The Labute approximate surface area is 144 Å². The van der Waals surface area contributed by atoms with Crippen molar-refractivity contribution < 1.29 is 24.0 Å². The van der Waals surface area contributed by atoms with Crippen LogP contribution in [-0.4, -0.2) is 42.7 Å². The first-order valence-corrected chi connectivity index (χ1v) is 7.70. The van der Waals surface area contributed by atoms with Crippen LogP contribution in [0.15, 0.2) is 24.3 Å². The summed E-state index contributed by atoms with van der Waals surface area (Å²) in [6, 6.07) is 1.79. The molecule has 0 bridgehead atoms. The van der Waals surface area contributed by atoms with Gasteiger partial charge in [0.1, 0.15) is 6.04 Å². The van der Waals surface area contributed by atoms with Crippen LogP contribution in [0.25, 0.3) is 6.08 Å². The number of carbonyl (C=O) groups excluding carboxylic acids is 2. The summed E-state index contributed by atoms with van der Waals surface area (Å²) in [7, 11) is 1.51. The predicted molar refractivity (Wildman–Crippen MR) is 89.1 cm³/mol. The van der Waals surface area contributed by atoms with Crippen LogP contribution in [0.5, 0.6) is 11.5 Å². The monoisotopic (exact) mass is 349 g/mol. The maximum absolute atomic E-state index is 11.6. The minimum Gasteiger partial charge on any atom is -0.493 e. The van der Waals surface area contributed by atoms with Crippen molar-refractivity contribution in [3.63, 3.8) is 0 Å². The van der Waals surface area contributed by atoms with Gasteiger partial charge >= 0.3 is 18.0 Å². The maximum Gasteiger partial charge on any atom is 0.322 e. The van der Waals surface area contributed by atoms with Gasteiger partial charge in [-0.15, -0.1) is 0 Å². The number of hydrogen-bond donors (Lipinski definition) is 2. The fourth-order valence-electron chi connectivity index (χ4n) is 2.33. The number of urea groups is 1. The second kappa shape index (κ2) is 8.13. The minimum absolute atomic E-state index is 0.520. The van der Waals surface area contributed by atoms with E-state index in [1.807, 2.05) is 12.2 Å². The number of hydrogen-bond acceptors (Lipinski definition) is 6. The molecule has 2 rings (SSSR count). The average molecular weight is 349 g/mol. The van der Waals surface area contributed by atoms with E-state index in [-0.39, 0.29) is 0 Å². The van der Waals surface area contributed by atoms with Gasteiger partial charge in [0.05, 0.1) is 13.7 Å². The SMILES string of the molecule is CCCOc1ccc(C=CC2NC(=O)NC(=O)C2[N+](=O)[O-])cc1OC. The van der Waals surface area contributed by atoms with Gasteiger partial charge in [-0.1, -0.05) is 25.1 Å². The van der Waals surface area contributed by atoms with Crippen molar-refractivity contribution in [2.24, 2.45) is 0 Å². The lowest BCUT2D eigenvalue weighted by Crippen LogP contribution is -2.62. The van der Waals surface area contributed by atoms with E-state index in [9.17, 15) is 19.7 Å². The lowest BCUT2D eigenvalue weighted by molar-refractivity contribution is -0.510. The Morgan fingerprint density at radius 3 is 2.72 bits per heavy atom. The second-order valence-corrected chi connectivity index (χ2v) is 5.34. The molecule has 25 heavy (non-hydrogen) atoms. The van der Waals surface area contributed by atoms with Gasteiger partial charge in [0.15, 0.2) is 11.5 Å². The number of imide groups is 1. The van der Waals surface area contributed by atoms with Crippen molar-refractivity contribution in [2.75, 3.05) is 13.7 Å². The van der Waals surface area contributed by atoms with E-state index in [2.05, 4.69) is 5.32 Å². The Morgan fingerprint density at radius 1 is 1.32 bits per heavy atom. The highest BCUT2D eigenvalue weighted by Crippen LogP contribution is 2.28. The highest BCUT2D eigenvalue weighted by Gasteiger charge is 2.43. The first kappa shape index (κ1) is 18.2. The Bertz CT molecular complexity index is 703. The van der Waals surface area contributed by atoms with E-state index in [1.165, 1.54) is 13.2 Å². The fraction of sp³-hybridized carbons (Fsp3) is 0.375.